The fourth-order valence-electron chi connectivity index (χ4n) is 1.41. The molecule has 20 heavy (non-hydrogen) atoms. The van der Waals surface area contributed by atoms with Gasteiger partial charge in [0.05, 0.1) is 17.4 Å². The van der Waals surface area contributed by atoms with Crippen LogP contribution in [0.4, 0.5) is 10.5 Å². The fraction of sp³-hybridized carbons (Fsp3) is 0.333. The number of carbonyl (C=O) groups is 3. The van der Waals surface area contributed by atoms with Crippen LogP contribution in [0.1, 0.15) is 17.3 Å². The Morgan fingerprint density at radius 3 is 2.60 bits per heavy atom. The second-order valence-corrected chi connectivity index (χ2v) is 3.88. The highest BCUT2D eigenvalue weighted by Gasteiger charge is 2.15. The Morgan fingerprint density at radius 1 is 1.35 bits per heavy atom. The number of carboxylic acids is 1. The van der Waals surface area contributed by atoms with Gasteiger partial charge in [-0.1, -0.05) is 0 Å². The van der Waals surface area contributed by atoms with Crippen molar-refractivity contribution in [2.24, 2.45) is 0 Å². The number of pyridine rings is 1. The van der Waals surface area contributed by atoms with E-state index in [0.29, 0.717) is 6.54 Å². The lowest BCUT2D eigenvalue weighted by atomic mass is 10.2. The van der Waals surface area contributed by atoms with Gasteiger partial charge in [0.15, 0.2) is 0 Å². The largest absolute Gasteiger partial charge is 0.478 e. The Hall–Kier alpha value is -2.64. The zero-order valence-electron chi connectivity index (χ0n) is 11.2. The van der Waals surface area contributed by atoms with E-state index in [1.54, 1.807) is 6.92 Å². The molecule has 3 amide bonds. The van der Waals surface area contributed by atoms with Crippen LogP contribution in [0, 0.1) is 0 Å². The molecule has 1 aromatic heterocycles. The molecule has 3 N–H and O–H groups in total. The van der Waals surface area contributed by atoms with Gasteiger partial charge in [-0.15, -0.1) is 0 Å². The van der Waals surface area contributed by atoms with Crippen molar-refractivity contribution in [1.29, 1.82) is 0 Å². The van der Waals surface area contributed by atoms with E-state index in [1.165, 1.54) is 30.4 Å². The first-order valence-electron chi connectivity index (χ1n) is 5.92. The average molecular weight is 280 g/mol. The van der Waals surface area contributed by atoms with E-state index in [0.717, 1.165) is 0 Å². The molecule has 0 aliphatic carbocycles. The number of aromatic carboxylic acids is 1. The first-order valence-corrected chi connectivity index (χ1v) is 5.92. The van der Waals surface area contributed by atoms with E-state index >= 15 is 0 Å². The lowest BCUT2D eigenvalue weighted by molar-refractivity contribution is -0.121. The Bertz CT molecular complexity index is 518. The summed E-state index contributed by atoms with van der Waals surface area (Å²) in [7, 11) is 1.48. The summed E-state index contributed by atoms with van der Waals surface area (Å²) < 4.78 is 0. The summed E-state index contributed by atoms with van der Waals surface area (Å²) in [6.07, 6.45) is 2.51. The summed E-state index contributed by atoms with van der Waals surface area (Å²) in [5, 5.41) is 13.8. The number of hydrogen-bond acceptors (Lipinski definition) is 4. The number of carboxylic acid groups (broad SMARTS) is 1. The topological polar surface area (TPSA) is 112 Å². The van der Waals surface area contributed by atoms with Crippen molar-refractivity contribution in [3.05, 3.63) is 24.0 Å². The van der Waals surface area contributed by atoms with Gasteiger partial charge in [-0.05, 0) is 13.0 Å². The van der Waals surface area contributed by atoms with Crippen molar-refractivity contribution >= 4 is 23.6 Å². The van der Waals surface area contributed by atoms with Crippen molar-refractivity contribution in [3.8, 4) is 0 Å². The predicted octanol–water partition coefficient (Wildman–Crippen LogP) is 0.380. The molecule has 0 aliphatic rings. The van der Waals surface area contributed by atoms with Gasteiger partial charge in [-0.3, -0.25) is 9.78 Å². The highest BCUT2D eigenvalue weighted by atomic mass is 16.4. The maximum Gasteiger partial charge on any atom is 0.337 e. The van der Waals surface area contributed by atoms with Gasteiger partial charge in [0, 0.05) is 19.8 Å². The molecule has 0 atom stereocenters. The minimum atomic E-state index is -1.13. The van der Waals surface area contributed by atoms with Crippen molar-refractivity contribution in [3.63, 3.8) is 0 Å². The summed E-state index contributed by atoms with van der Waals surface area (Å²) in [6.45, 7) is 1.99. The molecule has 0 saturated heterocycles. The molecular weight excluding hydrogens is 264 g/mol. The maximum absolute atomic E-state index is 11.9. The van der Waals surface area contributed by atoms with Crippen LogP contribution >= 0.6 is 0 Å². The average Bonchev–Trinajstić information content (AvgIpc) is 2.44. The second kappa shape index (κ2) is 7.07. The van der Waals surface area contributed by atoms with Gasteiger partial charge in [0.25, 0.3) is 0 Å². The molecule has 1 rings (SSSR count). The number of aromatic nitrogens is 1. The van der Waals surface area contributed by atoms with Gasteiger partial charge in [0.1, 0.15) is 6.54 Å². The number of amides is 3. The lowest BCUT2D eigenvalue weighted by Gasteiger charge is -2.20. The van der Waals surface area contributed by atoms with Crippen molar-refractivity contribution in [2.75, 3.05) is 25.5 Å². The Morgan fingerprint density at radius 2 is 2.05 bits per heavy atom. The van der Waals surface area contributed by atoms with E-state index in [4.69, 9.17) is 5.11 Å². The van der Waals surface area contributed by atoms with E-state index in [-0.39, 0.29) is 23.7 Å². The van der Waals surface area contributed by atoms with Crippen LogP contribution in [-0.4, -0.2) is 53.0 Å². The van der Waals surface area contributed by atoms with Crippen LogP contribution in [-0.2, 0) is 4.79 Å². The minimum absolute atomic E-state index is 0.0304. The number of nitrogens with one attached hydrogen (secondary N) is 2. The zero-order chi connectivity index (χ0) is 15.1. The van der Waals surface area contributed by atoms with Crippen molar-refractivity contribution in [2.45, 2.75) is 6.92 Å². The van der Waals surface area contributed by atoms with E-state index in [9.17, 15) is 14.4 Å². The maximum atomic E-state index is 11.9. The summed E-state index contributed by atoms with van der Waals surface area (Å²) >= 11 is 0. The van der Waals surface area contributed by atoms with Crippen LogP contribution in [0.2, 0.25) is 0 Å². The highest BCUT2D eigenvalue weighted by Crippen LogP contribution is 2.09. The molecule has 1 aromatic rings. The fourth-order valence-corrected chi connectivity index (χ4v) is 1.41. The van der Waals surface area contributed by atoms with E-state index < -0.39 is 12.0 Å². The molecule has 8 heteroatoms. The summed E-state index contributed by atoms with van der Waals surface area (Å²) in [4.78, 5) is 39.0. The molecule has 1 heterocycles. The first kappa shape index (κ1) is 15.4. The van der Waals surface area contributed by atoms with Gasteiger partial charge in [-0.2, -0.15) is 0 Å². The zero-order valence-corrected chi connectivity index (χ0v) is 11.2. The normalized spacial score (nSPS) is 9.70. The number of hydrogen-bond donors (Lipinski definition) is 3. The number of carbonyl (C=O) groups excluding carboxylic acids is 2. The van der Waals surface area contributed by atoms with Gasteiger partial charge in [-0.25, -0.2) is 9.59 Å². The van der Waals surface area contributed by atoms with Crippen molar-refractivity contribution in [1.82, 2.24) is 15.2 Å². The van der Waals surface area contributed by atoms with Gasteiger partial charge in [0.2, 0.25) is 5.91 Å². The van der Waals surface area contributed by atoms with Crippen LogP contribution in [0.25, 0.3) is 0 Å². The molecule has 0 aromatic carbocycles. The standard InChI is InChI=1S/C12H16N4O4/c1-3-16(7-10(17)13-2)12(20)15-9-4-8(11(18)19)5-14-6-9/h4-6H,3,7H2,1-2H3,(H,13,17)(H,15,20)(H,18,19). The molecule has 108 valence electrons. The number of likely N-dealkylation sites (N-methyl/N-ethyl adjacent to an activating group) is 2. The third-order valence-electron chi connectivity index (χ3n) is 2.52. The number of nitrogens with zero attached hydrogens (tertiary/aromatic N) is 2. The number of rotatable bonds is 5. The molecule has 0 unspecified atom stereocenters. The minimum Gasteiger partial charge on any atom is -0.478 e. The summed E-state index contributed by atoms with van der Waals surface area (Å²) in [5.41, 5.74) is 0.224. The Kier molecular flexibility index (Phi) is 5.45. The van der Waals surface area contributed by atoms with Gasteiger partial charge >= 0.3 is 12.0 Å². The smallest absolute Gasteiger partial charge is 0.337 e. The molecule has 8 nitrogen and oxygen atoms in total. The van der Waals surface area contributed by atoms with E-state index in [2.05, 4.69) is 15.6 Å². The monoisotopic (exact) mass is 280 g/mol. The molecular formula is C12H16N4O4. The van der Waals surface area contributed by atoms with Gasteiger partial charge < -0.3 is 20.6 Å². The van der Waals surface area contributed by atoms with Crippen LogP contribution in [0.3, 0.4) is 0 Å². The second-order valence-electron chi connectivity index (χ2n) is 3.88. The lowest BCUT2D eigenvalue weighted by Crippen LogP contribution is -2.41. The quantitative estimate of drug-likeness (QED) is 0.722. The predicted molar refractivity (Wildman–Crippen MR) is 71.5 cm³/mol. The summed E-state index contributed by atoms with van der Waals surface area (Å²) in [6, 6.07) is 0.793. The molecule has 0 aliphatic heterocycles. The van der Waals surface area contributed by atoms with Crippen LogP contribution in [0.5, 0.6) is 0 Å². The third-order valence-corrected chi connectivity index (χ3v) is 2.52. The SMILES string of the molecule is CCN(CC(=O)NC)C(=O)Nc1cncc(C(=O)O)c1. The highest BCUT2D eigenvalue weighted by molar-refractivity contribution is 5.94. The third kappa shape index (κ3) is 4.23. The number of anilines is 1. The summed E-state index contributed by atoms with van der Waals surface area (Å²) in [5.74, 6) is -1.43. The Labute approximate surface area is 115 Å². The first-order chi connectivity index (χ1) is 9.47. The number of urea groups is 1. The molecule has 0 radical (unpaired) electrons. The molecule has 0 spiro atoms. The van der Waals surface area contributed by atoms with E-state index in [1.807, 2.05) is 0 Å². The Balaban J connectivity index is 2.75. The van der Waals surface area contributed by atoms with Crippen LogP contribution in [0.15, 0.2) is 18.5 Å². The molecule has 0 bridgehead atoms. The van der Waals surface area contributed by atoms with Crippen molar-refractivity contribution < 1.29 is 19.5 Å². The molecule has 0 saturated carbocycles. The van der Waals surface area contributed by atoms with Crippen LogP contribution < -0.4 is 10.6 Å². The molecule has 0 fully saturated rings.